The molecule has 2 aromatic carbocycles. The molecule has 0 saturated heterocycles. The zero-order valence-corrected chi connectivity index (χ0v) is 22.3. The van der Waals surface area contributed by atoms with E-state index in [4.69, 9.17) is 9.47 Å². The van der Waals surface area contributed by atoms with Gasteiger partial charge >= 0.3 is 0 Å². The molecule has 1 atom stereocenters. The Morgan fingerprint density at radius 2 is 1.84 bits per heavy atom. The minimum Gasteiger partial charge on any atom is -0.491 e. The molecule has 0 saturated carbocycles. The molecule has 3 aromatic rings. The van der Waals surface area contributed by atoms with Gasteiger partial charge in [0.15, 0.2) is 0 Å². The van der Waals surface area contributed by atoms with Gasteiger partial charge in [-0.05, 0) is 71.3 Å². The number of fused-ring (bicyclic) bond motifs is 1. The van der Waals surface area contributed by atoms with Crippen molar-refractivity contribution >= 4 is 23.2 Å². The van der Waals surface area contributed by atoms with E-state index in [1.54, 1.807) is 18.4 Å². The van der Waals surface area contributed by atoms with Gasteiger partial charge in [-0.3, -0.25) is 9.59 Å². The van der Waals surface area contributed by atoms with Crippen molar-refractivity contribution in [2.75, 3.05) is 40.0 Å². The second kappa shape index (κ2) is 12.3. The molecule has 4 rings (SSSR count). The second-order valence-corrected chi connectivity index (χ2v) is 10.4. The average molecular weight is 525 g/mol. The molecule has 1 aliphatic heterocycles. The Morgan fingerprint density at radius 1 is 1.11 bits per heavy atom. The monoisotopic (exact) mass is 524 g/mol. The van der Waals surface area contributed by atoms with Crippen molar-refractivity contribution < 1.29 is 23.5 Å². The van der Waals surface area contributed by atoms with Gasteiger partial charge < -0.3 is 19.3 Å². The van der Waals surface area contributed by atoms with Crippen LogP contribution in [0.3, 0.4) is 0 Å². The molecule has 1 unspecified atom stereocenters. The smallest absolute Gasteiger partial charge is 0.254 e. The quantitative estimate of drug-likeness (QED) is 0.361. The van der Waals surface area contributed by atoms with Crippen molar-refractivity contribution in [3.63, 3.8) is 0 Å². The van der Waals surface area contributed by atoms with Crippen LogP contribution in [0.5, 0.6) is 5.75 Å². The van der Waals surface area contributed by atoms with Crippen LogP contribution < -0.4 is 4.74 Å². The zero-order valence-electron chi connectivity index (χ0n) is 21.5. The fourth-order valence-electron chi connectivity index (χ4n) is 4.48. The molecule has 0 fully saturated rings. The normalized spacial score (nSPS) is 14.9. The first kappa shape index (κ1) is 26.8. The van der Waals surface area contributed by atoms with Crippen molar-refractivity contribution in [1.29, 1.82) is 0 Å². The highest BCUT2D eigenvalue weighted by molar-refractivity contribution is 7.10. The minimum absolute atomic E-state index is 0.0986. The van der Waals surface area contributed by atoms with Crippen LogP contribution in [0, 0.1) is 5.82 Å². The lowest BCUT2D eigenvalue weighted by molar-refractivity contribution is -0.135. The topological polar surface area (TPSA) is 59.1 Å². The number of nitrogens with zero attached hydrogens (tertiary/aromatic N) is 2. The number of carbonyl (C=O) groups is 2. The number of ether oxygens (including phenoxy) is 2. The Bertz CT molecular complexity index is 1190. The summed E-state index contributed by atoms with van der Waals surface area (Å²) in [5.41, 5.74) is 2.66. The van der Waals surface area contributed by atoms with Crippen LogP contribution in [0.2, 0.25) is 0 Å². The molecule has 8 heteroatoms. The predicted octanol–water partition coefficient (Wildman–Crippen LogP) is 5.30. The summed E-state index contributed by atoms with van der Waals surface area (Å²) in [4.78, 5) is 31.3. The fraction of sp³-hybridized carbons (Fsp3) is 0.379. The van der Waals surface area contributed by atoms with E-state index in [0.717, 1.165) is 17.7 Å². The van der Waals surface area contributed by atoms with E-state index >= 15 is 0 Å². The summed E-state index contributed by atoms with van der Waals surface area (Å²) in [7, 11) is 1.55. The first-order valence-corrected chi connectivity index (χ1v) is 13.4. The fourth-order valence-corrected chi connectivity index (χ4v) is 5.41. The Kier molecular flexibility index (Phi) is 8.95. The molecule has 1 aliphatic rings. The summed E-state index contributed by atoms with van der Waals surface area (Å²) in [5.74, 6) is 0.279. The zero-order chi connectivity index (χ0) is 26.4. The van der Waals surface area contributed by atoms with E-state index in [2.05, 4.69) is 32.0 Å². The number of thiophene rings is 1. The number of hydrogen-bond donors (Lipinski definition) is 0. The Labute approximate surface area is 221 Å². The van der Waals surface area contributed by atoms with Gasteiger partial charge in [-0.1, -0.05) is 26.0 Å². The largest absolute Gasteiger partial charge is 0.491 e. The number of methoxy groups -OCH3 is 1. The van der Waals surface area contributed by atoms with Gasteiger partial charge in [0.05, 0.1) is 12.6 Å². The van der Waals surface area contributed by atoms with Gasteiger partial charge in [0.2, 0.25) is 5.91 Å². The predicted molar refractivity (Wildman–Crippen MR) is 143 cm³/mol. The Hall–Kier alpha value is -3.23. The van der Waals surface area contributed by atoms with Gasteiger partial charge in [0, 0.05) is 30.6 Å². The van der Waals surface area contributed by atoms with Gasteiger partial charge in [-0.25, -0.2) is 4.39 Å². The van der Waals surface area contributed by atoms with E-state index in [0.29, 0.717) is 24.6 Å². The molecule has 0 radical (unpaired) electrons. The molecule has 2 amide bonds. The maximum atomic E-state index is 13.6. The molecule has 0 spiro atoms. The van der Waals surface area contributed by atoms with E-state index in [1.165, 1.54) is 39.6 Å². The van der Waals surface area contributed by atoms with Crippen molar-refractivity contribution in [2.45, 2.75) is 32.2 Å². The first-order valence-electron chi connectivity index (χ1n) is 12.5. The van der Waals surface area contributed by atoms with E-state index in [1.807, 2.05) is 22.4 Å². The van der Waals surface area contributed by atoms with Gasteiger partial charge in [-0.15, -0.1) is 11.3 Å². The standard InChI is InChI=1S/C29H33FN2O4S/c1-20(2)21-6-10-24(11-7-21)36-19-26-25-13-17-37-27(25)12-14-32(26)28(33)18-31(15-16-35-3)29(34)22-4-8-23(30)9-5-22/h4-11,13,17,20,26H,12,14-16,18-19H2,1-3H3. The van der Waals surface area contributed by atoms with E-state index in [9.17, 15) is 14.0 Å². The van der Waals surface area contributed by atoms with E-state index in [-0.39, 0.29) is 37.6 Å². The van der Waals surface area contributed by atoms with Gasteiger partial charge in [0.25, 0.3) is 5.91 Å². The summed E-state index contributed by atoms with van der Waals surface area (Å²) in [6.07, 6.45) is 0.766. The number of hydrogen-bond acceptors (Lipinski definition) is 5. The average Bonchev–Trinajstić information content (AvgIpc) is 3.39. The summed E-state index contributed by atoms with van der Waals surface area (Å²) in [6.45, 7) is 5.61. The van der Waals surface area contributed by atoms with Crippen molar-refractivity contribution in [3.8, 4) is 5.75 Å². The van der Waals surface area contributed by atoms with E-state index < -0.39 is 5.82 Å². The molecular formula is C29H33FN2O4S. The molecule has 1 aromatic heterocycles. The molecule has 37 heavy (non-hydrogen) atoms. The molecule has 0 N–H and O–H groups in total. The SMILES string of the molecule is COCCN(CC(=O)N1CCc2sccc2C1COc1ccc(C(C)C)cc1)C(=O)c1ccc(F)cc1. The summed E-state index contributed by atoms with van der Waals surface area (Å²) >= 11 is 1.69. The number of amides is 2. The van der Waals surface area contributed by atoms with Crippen LogP contribution in [0.15, 0.2) is 60.0 Å². The maximum absolute atomic E-state index is 13.6. The number of halogens is 1. The number of carbonyl (C=O) groups excluding carboxylic acids is 2. The van der Waals surface area contributed by atoms with Crippen LogP contribution in [0.25, 0.3) is 0 Å². The lowest BCUT2D eigenvalue weighted by Crippen LogP contribution is -2.48. The minimum atomic E-state index is -0.419. The van der Waals surface area contributed by atoms with Crippen molar-refractivity contribution in [3.05, 3.63) is 87.4 Å². The van der Waals surface area contributed by atoms with Crippen molar-refractivity contribution in [2.24, 2.45) is 0 Å². The number of benzene rings is 2. The third kappa shape index (κ3) is 6.56. The lowest BCUT2D eigenvalue weighted by Gasteiger charge is -2.37. The van der Waals surface area contributed by atoms with Crippen LogP contribution in [-0.4, -0.2) is 61.6 Å². The lowest BCUT2D eigenvalue weighted by atomic mass is 10.00. The van der Waals surface area contributed by atoms with Crippen LogP contribution in [-0.2, 0) is 16.0 Å². The highest BCUT2D eigenvalue weighted by Gasteiger charge is 2.33. The maximum Gasteiger partial charge on any atom is 0.254 e. The number of rotatable bonds is 10. The second-order valence-electron chi connectivity index (χ2n) is 9.41. The molecule has 0 bridgehead atoms. The molecule has 0 aliphatic carbocycles. The summed E-state index contributed by atoms with van der Waals surface area (Å²) in [6, 6.07) is 15.2. The highest BCUT2D eigenvalue weighted by atomic mass is 32.1. The van der Waals surface area contributed by atoms with Crippen LogP contribution in [0.1, 0.15) is 52.2 Å². The molecule has 2 heterocycles. The molecule has 196 valence electrons. The van der Waals surface area contributed by atoms with Gasteiger partial charge in [0.1, 0.15) is 24.7 Å². The van der Waals surface area contributed by atoms with Crippen LogP contribution in [0.4, 0.5) is 4.39 Å². The van der Waals surface area contributed by atoms with Crippen LogP contribution >= 0.6 is 11.3 Å². The third-order valence-electron chi connectivity index (χ3n) is 6.64. The highest BCUT2D eigenvalue weighted by Crippen LogP contribution is 2.34. The third-order valence-corrected chi connectivity index (χ3v) is 7.64. The summed E-state index contributed by atoms with van der Waals surface area (Å²) in [5, 5.41) is 2.05. The van der Waals surface area contributed by atoms with Crippen molar-refractivity contribution in [1.82, 2.24) is 9.80 Å². The molecule has 6 nitrogen and oxygen atoms in total. The first-order chi connectivity index (χ1) is 17.9. The van der Waals surface area contributed by atoms with Gasteiger partial charge in [-0.2, -0.15) is 0 Å². The Balaban J connectivity index is 1.50. The Morgan fingerprint density at radius 3 is 2.51 bits per heavy atom. The summed E-state index contributed by atoms with van der Waals surface area (Å²) < 4.78 is 24.7. The molecular weight excluding hydrogens is 491 g/mol.